The number of hydrogen-bond donors (Lipinski definition) is 1. The van der Waals surface area contributed by atoms with Crippen molar-refractivity contribution in [2.24, 2.45) is 5.73 Å². The number of hydrogen-bond acceptors (Lipinski definition) is 4. The Hall–Kier alpha value is -0.980. The fourth-order valence-corrected chi connectivity index (χ4v) is 1.42. The van der Waals surface area contributed by atoms with Crippen LogP contribution in [0.5, 0.6) is 0 Å². The van der Waals surface area contributed by atoms with Crippen molar-refractivity contribution >= 4 is 30.0 Å². The predicted octanol–water partition coefficient (Wildman–Crippen LogP) is 2.36. The first kappa shape index (κ1) is 17.0. The fraction of sp³-hybridized carbons (Fsp3) is 0.400. The number of carbonyl (C=O) groups excluding carboxylic acids is 1. The van der Waals surface area contributed by atoms with Crippen LogP contribution in [0, 0.1) is 0 Å². The average molecular weight is 301 g/mol. The third kappa shape index (κ3) is 3.51. The number of ether oxygens (including phenoxy) is 1. The Kier molecular flexibility index (Phi) is 6.45. The third-order valence-corrected chi connectivity index (χ3v) is 2.39. The van der Waals surface area contributed by atoms with Crippen molar-refractivity contribution < 1.29 is 18.3 Å². The molecule has 0 aliphatic rings. The summed E-state index contributed by atoms with van der Waals surface area (Å²) in [7, 11) is 0. The Bertz CT molecular complexity index is 419. The molecule has 0 aliphatic heterocycles. The van der Waals surface area contributed by atoms with Gasteiger partial charge in [-0.3, -0.25) is 4.98 Å². The highest BCUT2D eigenvalue weighted by atomic mass is 35.5. The number of pyridine rings is 1. The van der Waals surface area contributed by atoms with Crippen LogP contribution in [0.25, 0.3) is 0 Å². The Morgan fingerprint density at radius 1 is 1.67 bits per heavy atom. The van der Waals surface area contributed by atoms with Gasteiger partial charge in [-0.2, -0.15) is 8.78 Å². The fourth-order valence-electron chi connectivity index (χ4n) is 1.19. The number of esters is 1. The van der Waals surface area contributed by atoms with Crippen LogP contribution in [-0.2, 0) is 9.53 Å². The SMILES string of the molecule is CCOC(=O)C(F)(F)[C@H](N)c1ccncc1Cl.Cl. The first-order valence-corrected chi connectivity index (χ1v) is 5.19. The lowest BCUT2D eigenvalue weighted by Crippen LogP contribution is -2.41. The first-order valence-electron chi connectivity index (χ1n) is 4.81. The monoisotopic (exact) mass is 300 g/mol. The smallest absolute Gasteiger partial charge is 0.379 e. The van der Waals surface area contributed by atoms with E-state index in [1.165, 1.54) is 25.4 Å². The van der Waals surface area contributed by atoms with Crippen molar-refractivity contribution in [1.29, 1.82) is 0 Å². The molecule has 0 radical (unpaired) electrons. The molecule has 4 nitrogen and oxygen atoms in total. The highest BCUT2D eigenvalue weighted by Gasteiger charge is 2.48. The maximum Gasteiger partial charge on any atom is 0.379 e. The van der Waals surface area contributed by atoms with Crippen LogP contribution in [0.2, 0.25) is 5.02 Å². The van der Waals surface area contributed by atoms with E-state index in [4.69, 9.17) is 17.3 Å². The van der Waals surface area contributed by atoms with Crippen LogP contribution >= 0.6 is 24.0 Å². The Morgan fingerprint density at radius 3 is 2.78 bits per heavy atom. The van der Waals surface area contributed by atoms with E-state index in [1.54, 1.807) is 0 Å². The van der Waals surface area contributed by atoms with Crippen molar-refractivity contribution in [2.45, 2.75) is 18.9 Å². The minimum absolute atomic E-state index is 0. The molecule has 2 N–H and O–H groups in total. The summed E-state index contributed by atoms with van der Waals surface area (Å²) in [5, 5.41) is -0.0241. The molecule has 0 amide bonds. The van der Waals surface area contributed by atoms with Gasteiger partial charge in [0, 0.05) is 12.4 Å². The van der Waals surface area contributed by atoms with Crippen molar-refractivity contribution in [3.05, 3.63) is 29.0 Å². The zero-order valence-corrected chi connectivity index (χ0v) is 11.0. The minimum Gasteiger partial charge on any atom is -0.462 e. The lowest BCUT2D eigenvalue weighted by Gasteiger charge is -2.22. The van der Waals surface area contributed by atoms with Crippen LogP contribution in [0.1, 0.15) is 18.5 Å². The summed E-state index contributed by atoms with van der Waals surface area (Å²) < 4.78 is 31.4. The molecule has 1 atom stereocenters. The first-order chi connectivity index (χ1) is 7.91. The van der Waals surface area contributed by atoms with Gasteiger partial charge in [0.1, 0.15) is 6.04 Å². The van der Waals surface area contributed by atoms with Crippen LogP contribution in [0.3, 0.4) is 0 Å². The summed E-state index contributed by atoms with van der Waals surface area (Å²) in [5.41, 5.74) is 5.29. The van der Waals surface area contributed by atoms with Gasteiger partial charge < -0.3 is 10.5 Å². The number of aromatic nitrogens is 1. The van der Waals surface area contributed by atoms with Gasteiger partial charge in [0.15, 0.2) is 0 Å². The van der Waals surface area contributed by atoms with Gasteiger partial charge in [-0.1, -0.05) is 11.6 Å². The molecule has 1 aromatic heterocycles. The van der Waals surface area contributed by atoms with Gasteiger partial charge in [0.05, 0.1) is 11.6 Å². The van der Waals surface area contributed by atoms with Crippen molar-refractivity contribution in [3.63, 3.8) is 0 Å². The number of alkyl halides is 2. The van der Waals surface area contributed by atoms with E-state index in [9.17, 15) is 13.6 Å². The summed E-state index contributed by atoms with van der Waals surface area (Å²) in [6.45, 7) is 1.28. The summed E-state index contributed by atoms with van der Waals surface area (Å²) in [4.78, 5) is 14.7. The molecule has 1 rings (SSSR count). The second-order valence-corrected chi connectivity index (χ2v) is 3.63. The predicted molar refractivity (Wildman–Crippen MR) is 65.0 cm³/mol. The molecule has 0 aromatic carbocycles. The molecule has 0 saturated carbocycles. The van der Waals surface area contributed by atoms with E-state index in [1.807, 2.05) is 0 Å². The molecule has 0 saturated heterocycles. The molecule has 102 valence electrons. The van der Waals surface area contributed by atoms with Crippen LogP contribution in [-0.4, -0.2) is 23.5 Å². The van der Waals surface area contributed by atoms with E-state index >= 15 is 0 Å². The van der Waals surface area contributed by atoms with Gasteiger partial charge in [-0.25, -0.2) is 4.79 Å². The molecule has 0 fully saturated rings. The molecule has 0 aliphatic carbocycles. The molecule has 1 heterocycles. The van der Waals surface area contributed by atoms with Gasteiger partial charge >= 0.3 is 11.9 Å². The second-order valence-electron chi connectivity index (χ2n) is 3.22. The van der Waals surface area contributed by atoms with E-state index in [0.29, 0.717) is 0 Å². The zero-order valence-electron chi connectivity index (χ0n) is 9.40. The molecule has 0 spiro atoms. The number of rotatable bonds is 4. The molecule has 18 heavy (non-hydrogen) atoms. The lowest BCUT2D eigenvalue weighted by atomic mass is 10.0. The largest absolute Gasteiger partial charge is 0.462 e. The van der Waals surface area contributed by atoms with Crippen molar-refractivity contribution in [3.8, 4) is 0 Å². The minimum atomic E-state index is -3.83. The molecule has 0 bridgehead atoms. The van der Waals surface area contributed by atoms with E-state index in [-0.39, 0.29) is 29.6 Å². The number of nitrogens with zero attached hydrogens (tertiary/aromatic N) is 1. The van der Waals surface area contributed by atoms with E-state index in [2.05, 4.69) is 9.72 Å². The zero-order chi connectivity index (χ0) is 13.1. The molecular formula is C10H12Cl2F2N2O2. The Labute approximate surface area is 114 Å². The maximum absolute atomic E-state index is 13.6. The summed E-state index contributed by atoms with van der Waals surface area (Å²) in [5.74, 6) is -5.50. The van der Waals surface area contributed by atoms with Crippen LogP contribution in [0.4, 0.5) is 8.78 Å². The summed E-state index contributed by atoms with van der Waals surface area (Å²) >= 11 is 5.68. The van der Waals surface area contributed by atoms with Crippen molar-refractivity contribution in [1.82, 2.24) is 4.98 Å². The van der Waals surface area contributed by atoms with E-state index < -0.39 is 17.9 Å². The summed E-state index contributed by atoms with van der Waals surface area (Å²) in [6, 6.07) is -0.628. The van der Waals surface area contributed by atoms with E-state index in [0.717, 1.165) is 0 Å². The molecule has 0 unspecified atom stereocenters. The Balaban J connectivity index is 0.00000289. The standard InChI is InChI=1S/C10H11ClF2N2O2.ClH/c1-2-17-9(16)10(12,13)8(14)6-3-4-15-5-7(6)11;/h3-5,8H,2,14H2,1H3;1H/t8-;/m1./s1. The highest BCUT2D eigenvalue weighted by Crippen LogP contribution is 2.33. The van der Waals surface area contributed by atoms with Gasteiger partial charge in [-0.15, -0.1) is 12.4 Å². The second kappa shape index (κ2) is 6.82. The topological polar surface area (TPSA) is 65.2 Å². The summed E-state index contributed by atoms with van der Waals surface area (Å²) in [6.07, 6.45) is 2.44. The van der Waals surface area contributed by atoms with Gasteiger partial charge in [-0.05, 0) is 18.6 Å². The number of halogens is 4. The quantitative estimate of drug-likeness (QED) is 0.867. The van der Waals surface area contributed by atoms with Crippen molar-refractivity contribution in [2.75, 3.05) is 6.61 Å². The van der Waals surface area contributed by atoms with Crippen LogP contribution < -0.4 is 5.73 Å². The normalized spacial score (nSPS) is 12.5. The van der Waals surface area contributed by atoms with Crippen LogP contribution in [0.15, 0.2) is 18.5 Å². The molecular weight excluding hydrogens is 289 g/mol. The van der Waals surface area contributed by atoms with Gasteiger partial charge in [0.25, 0.3) is 0 Å². The average Bonchev–Trinajstić information content (AvgIpc) is 2.29. The molecule has 8 heteroatoms. The number of nitrogens with two attached hydrogens (primary N) is 1. The maximum atomic E-state index is 13.6. The lowest BCUT2D eigenvalue weighted by molar-refractivity contribution is -0.174. The molecule has 1 aromatic rings. The highest BCUT2D eigenvalue weighted by molar-refractivity contribution is 6.31. The third-order valence-electron chi connectivity index (χ3n) is 2.08. The Morgan fingerprint density at radius 2 is 2.28 bits per heavy atom. The van der Waals surface area contributed by atoms with Gasteiger partial charge in [0.2, 0.25) is 0 Å². The number of carbonyl (C=O) groups is 1.